The first-order valence-corrected chi connectivity index (χ1v) is 6.97. The molecule has 0 amide bonds. The van der Waals surface area contributed by atoms with Crippen LogP contribution in [-0.4, -0.2) is 9.55 Å². The van der Waals surface area contributed by atoms with Crippen molar-refractivity contribution in [3.05, 3.63) is 31.6 Å². The standard InChI is InChI=1S/C13H19ClN2O2/c1-3-6-9-10(14)15-12(18)16(11(9)17)13(4-2)7-5-8-13/h3-8H2,1-2H3,(H,15,18). The number of aromatic nitrogens is 2. The van der Waals surface area contributed by atoms with Gasteiger partial charge < -0.3 is 0 Å². The molecular weight excluding hydrogens is 252 g/mol. The summed E-state index contributed by atoms with van der Waals surface area (Å²) in [4.78, 5) is 27.1. The highest BCUT2D eigenvalue weighted by Crippen LogP contribution is 2.40. The van der Waals surface area contributed by atoms with Gasteiger partial charge in [0.2, 0.25) is 0 Å². The van der Waals surface area contributed by atoms with Gasteiger partial charge in [-0.2, -0.15) is 0 Å². The van der Waals surface area contributed by atoms with Crippen molar-refractivity contribution in [2.45, 2.75) is 57.9 Å². The van der Waals surface area contributed by atoms with Gasteiger partial charge in [0.05, 0.1) is 11.1 Å². The molecule has 0 aromatic carbocycles. The van der Waals surface area contributed by atoms with Crippen molar-refractivity contribution >= 4 is 11.6 Å². The topological polar surface area (TPSA) is 54.9 Å². The third-order valence-corrected chi connectivity index (χ3v) is 4.39. The molecule has 1 heterocycles. The maximum atomic E-state index is 12.5. The number of hydrogen-bond acceptors (Lipinski definition) is 2. The summed E-state index contributed by atoms with van der Waals surface area (Å²) in [5.41, 5.74) is -0.311. The quantitative estimate of drug-likeness (QED) is 0.855. The van der Waals surface area contributed by atoms with Gasteiger partial charge in [-0.3, -0.25) is 14.3 Å². The molecule has 5 heteroatoms. The van der Waals surface area contributed by atoms with Crippen LogP contribution in [0.2, 0.25) is 5.15 Å². The number of aromatic amines is 1. The summed E-state index contributed by atoms with van der Waals surface area (Å²) in [5.74, 6) is 0. The van der Waals surface area contributed by atoms with E-state index in [1.54, 1.807) is 0 Å². The Hall–Kier alpha value is -1.03. The third-order valence-electron chi connectivity index (χ3n) is 4.06. The molecule has 100 valence electrons. The third kappa shape index (κ3) is 1.92. The molecule has 0 radical (unpaired) electrons. The highest BCUT2D eigenvalue weighted by molar-refractivity contribution is 6.30. The molecule has 1 aliphatic rings. The van der Waals surface area contributed by atoms with Crippen molar-refractivity contribution in [2.24, 2.45) is 0 Å². The molecule has 1 fully saturated rings. The van der Waals surface area contributed by atoms with Crippen LogP contribution in [0, 0.1) is 0 Å². The van der Waals surface area contributed by atoms with E-state index in [9.17, 15) is 9.59 Å². The van der Waals surface area contributed by atoms with Gasteiger partial charge >= 0.3 is 5.69 Å². The predicted octanol–water partition coefficient (Wildman–Crippen LogP) is 2.43. The van der Waals surface area contributed by atoms with Crippen LogP contribution in [0.15, 0.2) is 9.59 Å². The first-order chi connectivity index (χ1) is 8.55. The molecule has 18 heavy (non-hydrogen) atoms. The maximum Gasteiger partial charge on any atom is 0.330 e. The van der Waals surface area contributed by atoms with Crippen LogP contribution in [-0.2, 0) is 12.0 Å². The smallest absolute Gasteiger partial charge is 0.297 e. The summed E-state index contributed by atoms with van der Waals surface area (Å²) in [6, 6.07) is 0. The van der Waals surface area contributed by atoms with E-state index in [1.165, 1.54) is 4.57 Å². The second-order valence-electron chi connectivity index (χ2n) is 5.04. The summed E-state index contributed by atoms with van der Waals surface area (Å²) in [6.45, 7) is 4.02. The van der Waals surface area contributed by atoms with Crippen LogP contribution >= 0.6 is 11.6 Å². The molecule has 1 aromatic heterocycles. The number of hydrogen-bond donors (Lipinski definition) is 1. The lowest BCUT2D eigenvalue weighted by Crippen LogP contribution is -2.53. The maximum absolute atomic E-state index is 12.5. The lowest BCUT2D eigenvalue weighted by atomic mass is 9.74. The zero-order valence-electron chi connectivity index (χ0n) is 10.9. The van der Waals surface area contributed by atoms with E-state index in [1.807, 2.05) is 13.8 Å². The minimum absolute atomic E-state index is 0.202. The normalized spacial score (nSPS) is 17.5. The van der Waals surface area contributed by atoms with Gasteiger partial charge in [-0.1, -0.05) is 31.9 Å². The van der Waals surface area contributed by atoms with Gasteiger partial charge in [-0.15, -0.1) is 0 Å². The van der Waals surface area contributed by atoms with Gasteiger partial charge in [-0.05, 0) is 32.1 Å². The second kappa shape index (κ2) is 4.92. The number of halogens is 1. The fraction of sp³-hybridized carbons (Fsp3) is 0.692. The fourth-order valence-corrected chi connectivity index (χ4v) is 3.02. The van der Waals surface area contributed by atoms with Crippen LogP contribution in [0.25, 0.3) is 0 Å². The second-order valence-corrected chi connectivity index (χ2v) is 5.42. The summed E-state index contributed by atoms with van der Waals surface area (Å²) in [6.07, 6.45) is 5.13. The van der Waals surface area contributed by atoms with Crippen LogP contribution in [0.5, 0.6) is 0 Å². The predicted molar refractivity (Wildman–Crippen MR) is 72.4 cm³/mol. The van der Waals surface area contributed by atoms with Crippen LogP contribution in [0.3, 0.4) is 0 Å². The van der Waals surface area contributed by atoms with E-state index >= 15 is 0 Å². The number of nitrogens with zero attached hydrogens (tertiary/aromatic N) is 1. The van der Waals surface area contributed by atoms with Crippen molar-refractivity contribution in [1.29, 1.82) is 0 Å². The van der Waals surface area contributed by atoms with Crippen LogP contribution < -0.4 is 11.2 Å². The van der Waals surface area contributed by atoms with Gasteiger partial charge in [0.25, 0.3) is 5.56 Å². The number of H-pyrrole nitrogens is 1. The molecule has 2 rings (SSSR count). The Balaban J connectivity index is 2.64. The van der Waals surface area contributed by atoms with E-state index in [4.69, 9.17) is 11.6 Å². The number of rotatable bonds is 4. The fourth-order valence-electron chi connectivity index (χ4n) is 2.76. The van der Waals surface area contributed by atoms with E-state index in [2.05, 4.69) is 4.98 Å². The van der Waals surface area contributed by atoms with Crippen molar-refractivity contribution in [2.75, 3.05) is 0 Å². The monoisotopic (exact) mass is 270 g/mol. The Morgan fingerprint density at radius 2 is 2.00 bits per heavy atom. The van der Waals surface area contributed by atoms with E-state index < -0.39 is 0 Å². The molecule has 0 bridgehead atoms. The summed E-state index contributed by atoms with van der Waals surface area (Å²) < 4.78 is 1.41. The van der Waals surface area contributed by atoms with Crippen molar-refractivity contribution in [3.8, 4) is 0 Å². The highest BCUT2D eigenvalue weighted by atomic mass is 35.5. The van der Waals surface area contributed by atoms with E-state index in [-0.39, 0.29) is 21.9 Å². The van der Waals surface area contributed by atoms with Crippen molar-refractivity contribution in [1.82, 2.24) is 9.55 Å². The van der Waals surface area contributed by atoms with Gasteiger partial charge in [0, 0.05) is 0 Å². The Bertz CT molecular complexity index is 550. The molecular formula is C13H19ClN2O2. The minimum Gasteiger partial charge on any atom is -0.297 e. The SMILES string of the molecule is CCCc1c(Cl)[nH]c(=O)n(C2(CC)CCC2)c1=O. The molecule has 1 saturated carbocycles. The van der Waals surface area contributed by atoms with Gasteiger partial charge in [-0.25, -0.2) is 4.79 Å². The van der Waals surface area contributed by atoms with Gasteiger partial charge in [0.15, 0.2) is 0 Å². The molecule has 0 spiro atoms. The molecule has 4 nitrogen and oxygen atoms in total. The zero-order valence-corrected chi connectivity index (χ0v) is 11.6. The van der Waals surface area contributed by atoms with Crippen molar-refractivity contribution in [3.63, 3.8) is 0 Å². The largest absolute Gasteiger partial charge is 0.330 e. The molecule has 1 aliphatic carbocycles. The minimum atomic E-state index is -0.369. The first-order valence-electron chi connectivity index (χ1n) is 6.60. The molecule has 0 atom stereocenters. The molecule has 0 unspecified atom stereocenters. The molecule has 1 N–H and O–H groups in total. The zero-order chi connectivity index (χ0) is 13.3. The first kappa shape index (κ1) is 13.4. The van der Waals surface area contributed by atoms with E-state index in [0.29, 0.717) is 12.0 Å². The Kier molecular flexibility index (Phi) is 3.66. The summed E-state index contributed by atoms with van der Waals surface area (Å²) in [5, 5.41) is 0.202. The molecule has 0 saturated heterocycles. The summed E-state index contributed by atoms with van der Waals surface area (Å²) >= 11 is 5.97. The Morgan fingerprint density at radius 3 is 2.44 bits per heavy atom. The van der Waals surface area contributed by atoms with Crippen LogP contribution in [0.4, 0.5) is 0 Å². The lowest BCUT2D eigenvalue weighted by molar-refractivity contribution is 0.124. The Labute approximate surface area is 111 Å². The lowest BCUT2D eigenvalue weighted by Gasteiger charge is -2.42. The summed E-state index contributed by atoms with van der Waals surface area (Å²) in [7, 11) is 0. The Morgan fingerprint density at radius 1 is 1.33 bits per heavy atom. The average molecular weight is 271 g/mol. The average Bonchev–Trinajstić information content (AvgIpc) is 2.27. The van der Waals surface area contributed by atoms with E-state index in [0.717, 1.165) is 32.1 Å². The van der Waals surface area contributed by atoms with Crippen LogP contribution in [0.1, 0.15) is 51.5 Å². The van der Waals surface area contributed by atoms with Crippen molar-refractivity contribution < 1.29 is 0 Å². The number of nitrogens with one attached hydrogen (secondary N) is 1. The molecule has 0 aliphatic heterocycles. The molecule has 1 aromatic rings. The van der Waals surface area contributed by atoms with Gasteiger partial charge in [0.1, 0.15) is 5.15 Å². The highest BCUT2D eigenvalue weighted by Gasteiger charge is 2.39.